The van der Waals surface area contributed by atoms with Gasteiger partial charge in [-0.1, -0.05) is 26.0 Å². The maximum Gasteiger partial charge on any atom is 0.413 e. The van der Waals surface area contributed by atoms with Gasteiger partial charge in [-0.05, 0) is 36.5 Å². The Hall–Kier alpha value is -3.33. The van der Waals surface area contributed by atoms with Gasteiger partial charge in [-0.25, -0.2) is 9.78 Å². The summed E-state index contributed by atoms with van der Waals surface area (Å²) < 4.78 is 12.4. The molecule has 2 aromatic heterocycles. The molecule has 0 radical (unpaired) electrons. The van der Waals surface area contributed by atoms with Crippen LogP contribution in [0.2, 0.25) is 0 Å². The molecule has 31 heavy (non-hydrogen) atoms. The van der Waals surface area contributed by atoms with Crippen molar-refractivity contribution < 1.29 is 14.3 Å². The molecule has 1 saturated heterocycles. The predicted octanol–water partition coefficient (Wildman–Crippen LogP) is 3.77. The summed E-state index contributed by atoms with van der Waals surface area (Å²) in [6, 6.07) is 9.29. The quantitative estimate of drug-likeness (QED) is 0.516. The van der Waals surface area contributed by atoms with E-state index in [9.17, 15) is 4.79 Å². The number of hydrogen-bond donors (Lipinski definition) is 3. The summed E-state index contributed by atoms with van der Waals surface area (Å²) in [6.07, 6.45) is 3.03. The lowest BCUT2D eigenvalue weighted by Gasteiger charge is -2.24. The van der Waals surface area contributed by atoms with Crippen LogP contribution >= 0.6 is 0 Å². The molecule has 1 amide bonds. The molecule has 0 unspecified atom stereocenters. The van der Waals surface area contributed by atoms with E-state index in [2.05, 4.69) is 29.6 Å². The number of nitrogens with two attached hydrogens (primary N) is 1. The van der Waals surface area contributed by atoms with E-state index in [0.717, 1.165) is 37.2 Å². The van der Waals surface area contributed by atoms with Gasteiger partial charge in [0.05, 0.1) is 6.20 Å². The van der Waals surface area contributed by atoms with E-state index in [1.54, 1.807) is 28.9 Å². The van der Waals surface area contributed by atoms with Crippen molar-refractivity contribution in [1.29, 1.82) is 0 Å². The molecule has 9 nitrogen and oxygen atoms in total. The zero-order chi connectivity index (χ0) is 21.8. The fourth-order valence-electron chi connectivity index (χ4n) is 3.57. The van der Waals surface area contributed by atoms with Crippen LogP contribution in [0.25, 0.3) is 5.65 Å². The fraction of sp³-hybridized carbons (Fsp3) is 0.409. The molecule has 164 valence electrons. The molecule has 1 aliphatic heterocycles. The van der Waals surface area contributed by atoms with E-state index >= 15 is 0 Å². The van der Waals surface area contributed by atoms with Crippen molar-refractivity contribution in [3.63, 3.8) is 0 Å². The molecule has 4 N–H and O–H groups in total. The summed E-state index contributed by atoms with van der Waals surface area (Å²) >= 11 is 0. The molecule has 0 bridgehead atoms. The minimum Gasteiger partial charge on any atom is -0.444 e. The number of benzene rings is 1. The predicted molar refractivity (Wildman–Crippen MR) is 119 cm³/mol. The summed E-state index contributed by atoms with van der Waals surface area (Å²) in [5.74, 6) is 1.42. The second-order valence-corrected chi connectivity index (χ2v) is 7.99. The van der Waals surface area contributed by atoms with Crippen molar-refractivity contribution >= 4 is 29.1 Å². The van der Waals surface area contributed by atoms with Crippen molar-refractivity contribution in [3.8, 4) is 0 Å². The number of aromatic nitrogens is 3. The van der Waals surface area contributed by atoms with E-state index in [1.807, 2.05) is 12.1 Å². The monoisotopic (exact) mass is 424 g/mol. The number of ether oxygens (including phenoxy) is 2. The number of amides is 1. The van der Waals surface area contributed by atoms with Crippen molar-refractivity contribution in [2.24, 2.45) is 0 Å². The van der Waals surface area contributed by atoms with Crippen molar-refractivity contribution in [1.82, 2.24) is 14.6 Å². The fourth-order valence-corrected chi connectivity index (χ4v) is 3.57. The Kier molecular flexibility index (Phi) is 6.22. The zero-order valence-corrected chi connectivity index (χ0v) is 17.8. The Bertz CT molecular complexity index is 1060. The van der Waals surface area contributed by atoms with E-state index in [4.69, 9.17) is 20.2 Å². The number of anilines is 3. The minimum atomic E-state index is -0.575. The number of carbonyl (C=O) groups is 1. The summed E-state index contributed by atoms with van der Waals surface area (Å²) in [4.78, 5) is 17.3. The van der Waals surface area contributed by atoms with Gasteiger partial charge >= 0.3 is 6.09 Å². The number of nitrogen functional groups attached to an aromatic ring is 1. The van der Waals surface area contributed by atoms with E-state index in [1.165, 1.54) is 0 Å². The van der Waals surface area contributed by atoms with Gasteiger partial charge in [0.25, 0.3) is 0 Å². The van der Waals surface area contributed by atoms with Crippen molar-refractivity contribution in [2.45, 2.75) is 45.3 Å². The Morgan fingerprint density at radius 3 is 2.87 bits per heavy atom. The summed E-state index contributed by atoms with van der Waals surface area (Å²) in [5, 5.41) is 10.7. The van der Waals surface area contributed by atoms with Crippen LogP contribution in [0.5, 0.6) is 0 Å². The Morgan fingerprint density at radius 2 is 2.13 bits per heavy atom. The first-order valence-electron chi connectivity index (χ1n) is 10.5. The molecular weight excluding hydrogens is 396 g/mol. The highest BCUT2D eigenvalue weighted by Gasteiger charge is 2.19. The maximum absolute atomic E-state index is 12.5. The number of hydrogen-bond acceptors (Lipinski definition) is 7. The van der Waals surface area contributed by atoms with Gasteiger partial charge in [0, 0.05) is 36.6 Å². The van der Waals surface area contributed by atoms with E-state index in [0.29, 0.717) is 23.0 Å². The topological polar surface area (TPSA) is 116 Å². The lowest BCUT2D eigenvalue weighted by molar-refractivity contribution is 0.0904. The molecule has 3 aromatic rings. The average Bonchev–Trinajstić information content (AvgIpc) is 3.18. The largest absolute Gasteiger partial charge is 0.444 e. The first-order chi connectivity index (χ1) is 15.0. The van der Waals surface area contributed by atoms with Crippen LogP contribution in [-0.4, -0.2) is 39.9 Å². The third kappa shape index (κ3) is 5.05. The van der Waals surface area contributed by atoms with Crippen LogP contribution in [0.3, 0.4) is 0 Å². The first-order valence-corrected chi connectivity index (χ1v) is 10.5. The summed E-state index contributed by atoms with van der Waals surface area (Å²) in [6.45, 7) is 5.75. The lowest BCUT2D eigenvalue weighted by Crippen LogP contribution is -2.28. The summed E-state index contributed by atoms with van der Waals surface area (Å²) in [7, 11) is 0. The van der Waals surface area contributed by atoms with Crippen molar-refractivity contribution in [3.05, 3.63) is 47.7 Å². The van der Waals surface area contributed by atoms with Crippen LogP contribution in [0.15, 0.2) is 36.5 Å². The Labute approximate surface area is 180 Å². The molecular formula is C22H28N6O3. The molecule has 1 fully saturated rings. The first kappa shape index (κ1) is 20.9. The number of nitrogens with zero attached hydrogens (tertiary/aromatic N) is 3. The Morgan fingerprint density at radius 1 is 1.32 bits per heavy atom. The second kappa shape index (κ2) is 9.22. The molecule has 0 spiro atoms. The molecule has 0 atom stereocenters. The smallest absolute Gasteiger partial charge is 0.413 e. The van der Waals surface area contributed by atoms with Crippen LogP contribution in [-0.2, 0) is 16.1 Å². The van der Waals surface area contributed by atoms with Gasteiger partial charge in [-0.3, -0.25) is 5.32 Å². The highest BCUT2D eigenvalue weighted by Crippen LogP contribution is 2.25. The third-order valence-electron chi connectivity index (χ3n) is 5.25. The standard InChI is InChI=1S/C22H28N6O3/c1-14(2)18-12-24-28-20(27-22(29)31-13-15-4-3-5-16(23)10-15)11-19(26-21(18)28)25-17-6-8-30-9-7-17/h3-5,10-12,14,17H,6-9,13,23H2,1-2H3,(H,25,26)(H,27,29). The third-order valence-corrected chi connectivity index (χ3v) is 5.25. The molecule has 1 aliphatic rings. The van der Waals surface area contributed by atoms with Gasteiger partial charge in [0.1, 0.15) is 18.2 Å². The number of fused-ring (bicyclic) bond motifs is 1. The van der Waals surface area contributed by atoms with E-state index < -0.39 is 6.09 Å². The summed E-state index contributed by atoms with van der Waals surface area (Å²) in [5.41, 5.74) is 8.94. The normalized spacial score (nSPS) is 14.7. The van der Waals surface area contributed by atoms with Gasteiger partial charge in [-0.15, -0.1) is 0 Å². The zero-order valence-electron chi connectivity index (χ0n) is 17.8. The van der Waals surface area contributed by atoms with Crippen LogP contribution in [0.4, 0.5) is 22.1 Å². The number of rotatable bonds is 6. The molecule has 0 aliphatic carbocycles. The van der Waals surface area contributed by atoms with Gasteiger partial charge in [0.15, 0.2) is 5.65 Å². The molecule has 0 saturated carbocycles. The van der Waals surface area contributed by atoms with Crippen LogP contribution < -0.4 is 16.4 Å². The van der Waals surface area contributed by atoms with Crippen LogP contribution in [0.1, 0.15) is 43.7 Å². The SMILES string of the molecule is CC(C)c1cnn2c(NC(=O)OCc3cccc(N)c3)cc(NC3CCOCC3)nc12. The molecule has 3 heterocycles. The minimum absolute atomic E-state index is 0.120. The number of carbonyl (C=O) groups excluding carboxylic acids is 1. The van der Waals surface area contributed by atoms with Gasteiger partial charge in [0.2, 0.25) is 0 Å². The molecule has 4 rings (SSSR count). The Balaban J connectivity index is 1.55. The maximum atomic E-state index is 12.5. The van der Waals surface area contributed by atoms with Gasteiger partial charge in [-0.2, -0.15) is 9.61 Å². The highest BCUT2D eigenvalue weighted by molar-refractivity contribution is 5.84. The van der Waals surface area contributed by atoms with Crippen molar-refractivity contribution in [2.75, 3.05) is 29.6 Å². The average molecular weight is 425 g/mol. The second-order valence-electron chi connectivity index (χ2n) is 7.99. The highest BCUT2D eigenvalue weighted by atomic mass is 16.5. The molecule has 1 aromatic carbocycles. The lowest BCUT2D eigenvalue weighted by atomic mass is 10.1. The van der Waals surface area contributed by atoms with E-state index in [-0.39, 0.29) is 18.6 Å². The number of nitrogens with one attached hydrogen (secondary N) is 2. The van der Waals surface area contributed by atoms with Gasteiger partial charge < -0.3 is 20.5 Å². The molecule has 9 heteroatoms. The van der Waals surface area contributed by atoms with Crippen LogP contribution in [0, 0.1) is 0 Å².